The van der Waals surface area contributed by atoms with Gasteiger partial charge in [-0.05, 0) is 47.7 Å². The van der Waals surface area contributed by atoms with Crippen LogP contribution in [0.25, 0.3) is 0 Å². The van der Waals surface area contributed by atoms with Crippen LogP contribution in [0.1, 0.15) is 41.6 Å². The lowest BCUT2D eigenvalue weighted by atomic mass is 10.0. The highest BCUT2D eigenvalue weighted by molar-refractivity contribution is 7.09. The van der Waals surface area contributed by atoms with Crippen LogP contribution in [0, 0.1) is 0 Å². The number of benzene rings is 1. The van der Waals surface area contributed by atoms with Gasteiger partial charge in [0.1, 0.15) is 0 Å². The van der Waals surface area contributed by atoms with Crippen molar-refractivity contribution in [2.24, 2.45) is 0 Å². The quantitative estimate of drug-likeness (QED) is 0.664. The van der Waals surface area contributed by atoms with Gasteiger partial charge in [-0.2, -0.15) is 0 Å². The van der Waals surface area contributed by atoms with Crippen molar-refractivity contribution in [3.05, 3.63) is 76.0 Å². The number of nitrogens with zero attached hydrogens (tertiary/aromatic N) is 2. The Balaban J connectivity index is 1.51. The van der Waals surface area contributed by atoms with Crippen LogP contribution < -0.4 is 5.32 Å². The molecule has 0 aliphatic rings. The highest BCUT2D eigenvalue weighted by atomic mass is 32.1. The molecule has 26 heavy (non-hydrogen) atoms. The highest BCUT2D eigenvalue weighted by Gasteiger charge is 2.09. The first-order chi connectivity index (χ1) is 12.6. The van der Waals surface area contributed by atoms with Gasteiger partial charge in [-0.1, -0.05) is 26.0 Å². The summed E-state index contributed by atoms with van der Waals surface area (Å²) >= 11 is 1.62. The number of nitrogens with one attached hydrogen (secondary N) is 1. The summed E-state index contributed by atoms with van der Waals surface area (Å²) in [6.07, 6.45) is 5.73. The van der Waals surface area contributed by atoms with E-state index in [1.807, 2.05) is 29.6 Å². The average molecular weight is 366 g/mol. The van der Waals surface area contributed by atoms with Crippen molar-refractivity contribution in [3.8, 4) is 0 Å². The van der Waals surface area contributed by atoms with E-state index in [9.17, 15) is 4.79 Å². The second kappa shape index (κ2) is 8.72. The van der Waals surface area contributed by atoms with E-state index in [2.05, 4.69) is 41.3 Å². The Bertz CT molecular complexity index is 841. The fourth-order valence-electron chi connectivity index (χ4n) is 2.67. The van der Waals surface area contributed by atoms with E-state index in [0.29, 0.717) is 12.3 Å². The zero-order valence-corrected chi connectivity index (χ0v) is 15.9. The monoisotopic (exact) mass is 365 g/mol. The molecule has 1 aromatic carbocycles. The van der Waals surface area contributed by atoms with E-state index in [1.165, 1.54) is 11.1 Å². The number of rotatable bonds is 7. The molecule has 0 atom stereocenters. The van der Waals surface area contributed by atoms with Crippen LogP contribution >= 0.6 is 11.3 Å². The second-order valence-electron chi connectivity index (χ2n) is 6.59. The SMILES string of the molecule is CC(C)c1ccc(NC(=O)Cc2csc(CCc3ccncc3)n2)cc1. The number of aromatic nitrogens is 2. The minimum absolute atomic E-state index is 0.0340. The first-order valence-corrected chi connectivity index (χ1v) is 9.70. The second-order valence-corrected chi connectivity index (χ2v) is 7.53. The normalized spacial score (nSPS) is 10.9. The van der Waals surface area contributed by atoms with Crippen LogP contribution in [0.3, 0.4) is 0 Å². The van der Waals surface area contributed by atoms with E-state index in [-0.39, 0.29) is 5.91 Å². The third-order valence-corrected chi connectivity index (χ3v) is 5.14. The Hall–Kier alpha value is -2.53. The summed E-state index contributed by atoms with van der Waals surface area (Å²) in [5.41, 5.74) is 4.17. The molecule has 5 heteroatoms. The predicted molar refractivity (Wildman–Crippen MR) is 107 cm³/mol. The van der Waals surface area contributed by atoms with Crippen LogP contribution in [0.4, 0.5) is 5.69 Å². The number of carbonyl (C=O) groups is 1. The molecule has 0 unspecified atom stereocenters. The Kier molecular flexibility index (Phi) is 6.12. The summed E-state index contributed by atoms with van der Waals surface area (Å²) in [5.74, 6) is 0.452. The summed E-state index contributed by atoms with van der Waals surface area (Å²) in [7, 11) is 0. The summed E-state index contributed by atoms with van der Waals surface area (Å²) in [6.45, 7) is 4.31. The lowest BCUT2D eigenvalue weighted by molar-refractivity contribution is -0.115. The topological polar surface area (TPSA) is 54.9 Å². The lowest BCUT2D eigenvalue weighted by Gasteiger charge is -2.08. The van der Waals surface area contributed by atoms with E-state index in [4.69, 9.17) is 0 Å². The molecule has 0 spiro atoms. The van der Waals surface area contributed by atoms with Crippen LogP contribution in [0.15, 0.2) is 54.2 Å². The van der Waals surface area contributed by atoms with Crippen LogP contribution in [0.5, 0.6) is 0 Å². The van der Waals surface area contributed by atoms with Gasteiger partial charge in [0.05, 0.1) is 17.1 Å². The van der Waals surface area contributed by atoms with E-state index >= 15 is 0 Å². The maximum atomic E-state index is 12.2. The number of hydrogen-bond donors (Lipinski definition) is 1. The summed E-state index contributed by atoms with van der Waals surface area (Å²) in [4.78, 5) is 20.8. The molecule has 134 valence electrons. The maximum absolute atomic E-state index is 12.2. The molecular weight excluding hydrogens is 342 g/mol. The van der Waals surface area contributed by atoms with Crippen LogP contribution in [-0.4, -0.2) is 15.9 Å². The number of anilines is 1. The molecule has 0 bridgehead atoms. The smallest absolute Gasteiger partial charge is 0.230 e. The van der Waals surface area contributed by atoms with Crippen LogP contribution in [0.2, 0.25) is 0 Å². The number of aryl methyl sites for hydroxylation is 2. The molecule has 4 nitrogen and oxygen atoms in total. The number of pyridine rings is 1. The molecule has 0 aliphatic heterocycles. The van der Waals surface area contributed by atoms with E-state index in [0.717, 1.165) is 29.2 Å². The first-order valence-electron chi connectivity index (χ1n) is 8.82. The third kappa shape index (κ3) is 5.23. The standard InChI is InChI=1S/C21H23N3OS/c1-15(2)17-4-6-18(7-5-17)23-20(25)13-19-14-26-21(24-19)8-3-16-9-11-22-12-10-16/h4-7,9-12,14-15H,3,8,13H2,1-2H3,(H,23,25). The molecule has 0 radical (unpaired) electrons. The van der Waals surface area contributed by atoms with Gasteiger partial charge < -0.3 is 5.32 Å². The minimum atomic E-state index is -0.0340. The summed E-state index contributed by atoms with van der Waals surface area (Å²) in [6, 6.07) is 12.1. The van der Waals surface area contributed by atoms with Crippen molar-refractivity contribution >= 4 is 22.9 Å². The fraction of sp³-hybridized carbons (Fsp3) is 0.286. The number of hydrogen-bond acceptors (Lipinski definition) is 4. The fourth-order valence-corrected chi connectivity index (χ4v) is 3.46. The Morgan fingerprint density at radius 1 is 1.08 bits per heavy atom. The van der Waals surface area contributed by atoms with Gasteiger partial charge in [0, 0.05) is 29.9 Å². The summed E-state index contributed by atoms with van der Waals surface area (Å²) in [5, 5.41) is 5.98. The lowest BCUT2D eigenvalue weighted by Crippen LogP contribution is -2.14. The Morgan fingerprint density at radius 3 is 2.50 bits per heavy atom. The molecule has 2 heterocycles. The van der Waals surface area contributed by atoms with Gasteiger partial charge in [-0.3, -0.25) is 9.78 Å². The zero-order chi connectivity index (χ0) is 18.4. The highest BCUT2D eigenvalue weighted by Crippen LogP contribution is 2.18. The van der Waals surface area contributed by atoms with Crippen molar-refractivity contribution in [1.29, 1.82) is 0 Å². The van der Waals surface area contributed by atoms with E-state index < -0.39 is 0 Å². The third-order valence-electron chi connectivity index (χ3n) is 4.18. The van der Waals surface area contributed by atoms with Gasteiger partial charge in [-0.25, -0.2) is 4.98 Å². The molecule has 1 N–H and O–H groups in total. The summed E-state index contributed by atoms with van der Waals surface area (Å²) < 4.78 is 0. The molecular formula is C21H23N3OS. The Labute approximate surface area is 158 Å². The molecule has 3 rings (SSSR count). The van der Waals surface area contributed by atoms with Gasteiger partial charge in [0.25, 0.3) is 0 Å². The first kappa shape index (κ1) is 18.3. The predicted octanol–water partition coefficient (Wildman–Crippen LogP) is 4.63. The number of carbonyl (C=O) groups excluding carboxylic acids is 1. The Morgan fingerprint density at radius 2 is 1.81 bits per heavy atom. The van der Waals surface area contributed by atoms with Gasteiger partial charge in [0.2, 0.25) is 5.91 Å². The van der Waals surface area contributed by atoms with Crippen molar-refractivity contribution in [3.63, 3.8) is 0 Å². The molecule has 0 saturated heterocycles. The van der Waals surface area contributed by atoms with Crippen molar-refractivity contribution in [2.45, 2.75) is 39.0 Å². The molecule has 0 saturated carbocycles. The molecule has 0 aliphatic carbocycles. The zero-order valence-electron chi connectivity index (χ0n) is 15.1. The van der Waals surface area contributed by atoms with Crippen molar-refractivity contribution in [1.82, 2.24) is 9.97 Å². The van der Waals surface area contributed by atoms with Gasteiger partial charge in [0.15, 0.2) is 0 Å². The van der Waals surface area contributed by atoms with Crippen LogP contribution in [-0.2, 0) is 24.1 Å². The molecule has 3 aromatic rings. The van der Waals surface area contributed by atoms with Gasteiger partial charge >= 0.3 is 0 Å². The molecule has 0 fully saturated rings. The maximum Gasteiger partial charge on any atom is 0.230 e. The minimum Gasteiger partial charge on any atom is -0.326 e. The van der Waals surface area contributed by atoms with Gasteiger partial charge in [-0.15, -0.1) is 11.3 Å². The van der Waals surface area contributed by atoms with Crippen molar-refractivity contribution < 1.29 is 4.79 Å². The largest absolute Gasteiger partial charge is 0.326 e. The number of thiazole rings is 1. The molecule has 2 aromatic heterocycles. The average Bonchev–Trinajstić information content (AvgIpc) is 3.08. The number of amides is 1. The van der Waals surface area contributed by atoms with E-state index in [1.54, 1.807) is 23.7 Å². The van der Waals surface area contributed by atoms with Crippen molar-refractivity contribution in [2.75, 3.05) is 5.32 Å². The molecule has 1 amide bonds.